The van der Waals surface area contributed by atoms with Crippen molar-refractivity contribution in [2.75, 3.05) is 10.6 Å². The smallest absolute Gasteiger partial charge is 0.293 e. The number of hydrogen-bond donors (Lipinski definition) is 3. The molecule has 0 spiro atoms. The van der Waals surface area contributed by atoms with E-state index in [1.165, 1.54) is 0 Å². The molecule has 1 heterocycles. The number of H-pyrrole nitrogens is 1. The number of carbonyl (C=O) groups excluding carboxylic acids is 2. The van der Waals surface area contributed by atoms with Gasteiger partial charge in [-0.1, -0.05) is 112 Å². The van der Waals surface area contributed by atoms with Crippen LogP contribution in [0.5, 0.6) is 0 Å². The van der Waals surface area contributed by atoms with Gasteiger partial charge in [-0.3, -0.25) is 14.4 Å². The van der Waals surface area contributed by atoms with Gasteiger partial charge in [0.2, 0.25) is 11.8 Å². The molecule has 1 rings (SSSR count). The van der Waals surface area contributed by atoms with Crippen LogP contribution >= 0.6 is 0 Å². The van der Waals surface area contributed by atoms with E-state index in [1.54, 1.807) is 0 Å². The van der Waals surface area contributed by atoms with E-state index in [2.05, 4.69) is 81.4 Å². The number of carbonyl (C=O) groups is 2. The van der Waals surface area contributed by atoms with Crippen molar-refractivity contribution in [2.24, 2.45) is 22.7 Å². The summed E-state index contributed by atoms with van der Waals surface area (Å²) in [6.45, 7) is 17.1. The van der Waals surface area contributed by atoms with Crippen LogP contribution in [0.4, 0.5) is 11.5 Å². The summed E-state index contributed by atoms with van der Waals surface area (Å²) in [4.78, 5) is 40.2. The van der Waals surface area contributed by atoms with Crippen molar-refractivity contribution >= 4 is 23.3 Å². The van der Waals surface area contributed by atoms with E-state index in [4.69, 9.17) is 0 Å². The van der Waals surface area contributed by atoms with Gasteiger partial charge in [0.05, 0.1) is 0 Å². The highest BCUT2D eigenvalue weighted by molar-refractivity contribution is 5.99. The van der Waals surface area contributed by atoms with Crippen LogP contribution in [0.15, 0.2) is 4.79 Å². The Bertz CT molecular complexity index is 921. The van der Waals surface area contributed by atoms with Crippen molar-refractivity contribution in [1.82, 2.24) is 15.4 Å². The van der Waals surface area contributed by atoms with E-state index in [0.717, 1.165) is 89.9 Å². The Balaban J connectivity index is 3.26. The topological polar surface area (TPSA) is 117 Å². The summed E-state index contributed by atoms with van der Waals surface area (Å²) in [5.74, 6) is -0.838. The summed E-state index contributed by atoms with van der Waals surface area (Å²) in [5, 5.41) is 15.8. The summed E-state index contributed by atoms with van der Waals surface area (Å²) in [6.07, 6.45) is 13.6. The average Bonchev–Trinajstić information content (AvgIpc) is 2.93. The lowest BCUT2D eigenvalue weighted by atomic mass is 9.70. The van der Waals surface area contributed by atoms with Crippen molar-refractivity contribution in [3.63, 3.8) is 0 Å². The number of nitrogens with zero attached hydrogens (tertiary/aromatic N) is 2. The maximum atomic E-state index is 13.7. The molecule has 1 aromatic heterocycles. The van der Waals surface area contributed by atoms with Crippen LogP contribution in [-0.2, 0) is 9.59 Å². The van der Waals surface area contributed by atoms with Crippen molar-refractivity contribution in [2.45, 2.75) is 145 Å². The second kappa shape index (κ2) is 17.4. The maximum absolute atomic E-state index is 13.7. The Labute approximate surface area is 237 Å². The molecular formula is C31H57N5O3. The summed E-state index contributed by atoms with van der Waals surface area (Å²) in [5.41, 5.74) is -0.972. The van der Waals surface area contributed by atoms with E-state index >= 15 is 0 Å². The predicted octanol–water partition coefficient (Wildman–Crippen LogP) is 7.87. The SMILES string of the molecule is CCCCCCC(C(=O)Nc1nn[nH]c(=O)c1NC(=O)C(CCCCCC)C(C)(CC)CC)C(C)(CC)CC. The normalized spacial score (nSPS) is 13.6. The quantitative estimate of drug-likeness (QED) is 0.144. The molecule has 0 bridgehead atoms. The number of nitrogens with one attached hydrogen (secondary N) is 3. The van der Waals surface area contributed by atoms with Gasteiger partial charge in [0.25, 0.3) is 5.56 Å². The van der Waals surface area contributed by atoms with Crippen LogP contribution < -0.4 is 16.2 Å². The summed E-state index contributed by atoms with van der Waals surface area (Å²) in [6, 6.07) is 0. The Kier molecular flexibility index (Phi) is 15.6. The monoisotopic (exact) mass is 547 g/mol. The summed E-state index contributed by atoms with van der Waals surface area (Å²) in [7, 11) is 0. The molecule has 0 aliphatic carbocycles. The number of anilines is 2. The van der Waals surface area contributed by atoms with Gasteiger partial charge >= 0.3 is 0 Å². The molecule has 2 amide bonds. The second-order valence-corrected chi connectivity index (χ2v) is 11.9. The van der Waals surface area contributed by atoms with Crippen LogP contribution in [0.25, 0.3) is 0 Å². The maximum Gasteiger partial charge on any atom is 0.293 e. The third kappa shape index (κ3) is 10.0. The zero-order chi connectivity index (χ0) is 29.5. The van der Waals surface area contributed by atoms with Crippen LogP contribution in [0.2, 0.25) is 0 Å². The molecule has 1 aromatic rings. The van der Waals surface area contributed by atoms with E-state index < -0.39 is 5.56 Å². The molecule has 0 aromatic carbocycles. The zero-order valence-electron chi connectivity index (χ0n) is 26.2. The first-order valence-corrected chi connectivity index (χ1v) is 15.6. The minimum Gasteiger partial charge on any atom is -0.318 e. The van der Waals surface area contributed by atoms with Gasteiger partial charge in [0.1, 0.15) is 0 Å². The first-order valence-electron chi connectivity index (χ1n) is 15.6. The number of rotatable bonds is 20. The fourth-order valence-electron chi connectivity index (χ4n) is 5.58. The fraction of sp³-hybridized carbons (Fsp3) is 0.839. The Hall–Kier alpha value is -2.25. The lowest BCUT2D eigenvalue weighted by Gasteiger charge is -2.36. The van der Waals surface area contributed by atoms with Gasteiger partial charge in [0, 0.05) is 11.8 Å². The first kappa shape index (κ1) is 34.8. The lowest BCUT2D eigenvalue weighted by molar-refractivity contribution is -0.125. The molecule has 0 fully saturated rings. The van der Waals surface area contributed by atoms with Crippen LogP contribution in [0.3, 0.4) is 0 Å². The molecule has 39 heavy (non-hydrogen) atoms. The number of aromatic nitrogens is 3. The van der Waals surface area contributed by atoms with E-state index in [0.29, 0.717) is 0 Å². The van der Waals surface area contributed by atoms with Gasteiger partial charge < -0.3 is 10.6 Å². The molecule has 2 unspecified atom stereocenters. The van der Waals surface area contributed by atoms with Crippen LogP contribution in [-0.4, -0.2) is 27.2 Å². The number of unbranched alkanes of at least 4 members (excludes halogenated alkanes) is 6. The molecule has 8 heteroatoms. The molecule has 0 aliphatic heterocycles. The third-order valence-corrected chi connectivity index (χ3v) is 9.49. The Morgan fingerprint density at radius 2 is 1.15 bits per heavy atom. The highest BCUT2D eigenvalue weighted by atomic mass is 16.2. The molecule has 224 valence electrons. The van der Waals surface area contributed by atoms with E-state index in [-0.39, 0.29) is 46.0 Å². The first-order chi connectivity index (χ1) is 18.6. The Morgan fingerprint density at radius 3 is 1.56 bits per heavy atom. The summed E-state index contributed by atoms with van der Waals surface area (Å²) < 4.78 is 0. The van der Waals surface area contributed by atoms with Gasteiger partial charge in [0.15, 0.2) is 11.5 Å². The van der Waals surface area contributed by atoms with Crippen molar-refractivity contribution in [1.29, 1.82) is 0 Å². The van der Waals surface area contributed by atoms with E-state index in [1.807, 2.05) is 0 Å². The van der Waals surface area contributed by atoms with Crippen LogP contribution in [0.1, 0.15) is 145 Å². The van der Waals surface area contributed by atoms with Gasteiger partial charge in [-0.25, -0.2) is 5.10 Å². The molecule has 0 saturated carbocycles. The zero-order valence-corrected chi connectivity index (χ0v) is 26.2. The molecule has 3 N–H and O–H groups in total. The van der Waals surface area contributed by atoms with Crippen LogP contribution in [0, 0.1) is 22.7 Å². The number of hydrogen-bond acceptors (Lipinski definition) is 5. The molecule has 0 aliphatic rings. The number of amides is 2. The fourth-order valence-corrected chi connectivity index (χ4v) is 5.58. The third-order valence-electron chi connectivity index (χ3n) is 9.49. The Morgan fingerprint density at radius 1 is 0.718 bits per heavy atom. The standard InChI is InChI=1S/C31H57N5O3/c1-9-15-17-19-21-23(30(7,11-3)12-4)27(37)32-25-26(34-36-35-29(25)39)33-28(38)24(22-20-18-16-10-2)31(8,13-5)14-6/h23-24H,9-22H2,1-8H3,(H,32,36,37)(H2,33,34,35,38,39). The second-order valence-electron chi connectivity index (χ2n) is 11.9. The van der Waals surface area contributed by atoms with Crippen molar-refractivity contribution < 1.29 is 9.59 Å². The minimum atomic E-state index is -0.568. The lowest BCUT2D eigenvalue weighted by Crippen LogP contribution is -2.39. The van der Waals surface area contributed by atoms with Crippen molar-refractivity contribution in [3.05, 3.63) is 10.4 Å². The average molecular weight is 548 g/mol. The predicted molar refractivity (Wildman–Crippen MR) is 162 cm³/mol. The molecular weight excluding hydrogens is 490 g/mol. The highest BCUT2D eigenvalue weighted by Gasteiger charge is 2.38. The van der Waals surface area contributed by atoms with Gasteiger partial charge in [-0.05, 0) is 49.4 Å². The largest absolute Gasteiger partial charge is 0.318 e. The molecule has 2 atom stereocenters. The molecule has 0 saturated heterocycles. The van der Waals surface area contributed by atoms with Gasteiger partial charge in [-0.15, -0.1) is 5.10 Å². The minimum absolute atomic E-state index is 0.0182. The molecule has 0 radical (unpaired) electrons. The highest BCUT2D eigenvalue weighted by Crippen LogP contribution is 2.40. The number of aromatic amines is 1. The van der Waals surface area contributed by atoms with Crippen molar-refractivity contribution in [3.8, 4) is 0 Å². The van der Waals surface area contributed by atoms with Gasteiger partial charge in [-0.2, -0.15) is 0 Å². The summed E-state index contributed by atoms with van der Waals surface area (Å²) >= 11 is 0. The van der Waals surface area contributed by atoms with E-state index in [9.17, 15) is 14.4 Å². The molecule has 8 nitrogen and oxygen atoms in total.